The molecule has 20 heavy (non-hydrogen) atoms. The first kappa shape index (κ1) is 14.6. The van der Waals surface area contributed by atoms with Crippen LogP contribution in [0.2, 0.25) is 0 Å². The summed E-state index contributed by atoms with van der Waals surface area (Å²) in [5, 5.41) is 5.87. The monoisotopic (exact) mass is 279 g/mol. The molecule has 0 saturated heterocycles. The highest BCUT2D eigenvalue weighted by Gasteiger charge is 2.15. The van der Waals surface area contributed by atoms with Crippen molar-refractivity contribution < 1.29 is 14.3 Å². The first-order chi connectivity index (χ1) is 9.70. The molecule has 0 aromatic heterocycles. The van der Waals surface area contributed by atoms with Gasteiger partial charge >= 0.3 is 0 Å². The van der Waals surface area contributed by atoms with Gasteiger partial charge in [0.1, 0.15) is 12.4 Å². The van der Waals surface area contributed by atoms with Gasteiger partial charge in [-0.05, 0) is 18.2 Å². The molecule has 1 amide bonds. The minimum absolute atomic E-state index is 0.0690. The molecule has 0 fully saturated rings. The summed E-state index contributed by atoms with van der Waals surface area (Å²) in [5.41, 5.74) is 1.78. The van der Waals surface area contributed by atoms with E-state index in [1.54, 1.807) is 7.11 Å². The highest BCUT2D eigenvalue weighted by molar-refractivity contribution is 5.93. The predicted octanol–water partition coefficient (Wildman–Crippen LogP) is 0.690. The van der Waals surface area contributed by atoms with E-state index in [0.717, 1.165) is 23.7 Å². The Bertz CT molecular complexity index is 465. The van der Waals surface area contributed by atoms with Crippen LogP contribution in [0.4, 0.5) is 11.4 Å². The van der Waals surface area contributed by atoms with Crippen molar-refractivity contribution in [3.05, 3.63) is 18.2 Å². The lowest BCUT2D eigenvalue weighted by Gasteiger charge is -2.28. The minimum Gasteiger partial charge on any atom is -0.490 e. The van der Waals surface area contributed by atoms with E-state index in [9.17, 15) is 4.79 Å². The predicted molar refractivity (Wildman–Crippen MR) is 78.6 cm³/mol. The second-order valence-electron chi connectivity index (χ2n) is 4.67. The van der Waals surface area contributed by atoms with E-state index in [2.05, 4.69) is 15.5 Å². The Morgan fingerprint density at radius 3 is 3.15 bits per heavy atom. The highest BCUT2D eigenvalue weighted by atomic mass is 16.5. The number of likely N-dealkylation sites (N-methyl/N-ethyl adjacent to an activating group) is 1. The fourth-order valence-corrected chi connectivity index (χ4v) is 2.01. The molecular formula is C14H21N3O3. The fourth-order valence-electron chi connectivity index (χ4n) is 2.01. The molecule has 1 aromatic carbocycles. The second kappa shape index (κ2) is 7.12. The molecule has 6 heteroatoms. The third-order valence-corrected chi connectivity index (χ3v) is 3.11. The van der Waals surface area contributed by atoms with Crippen molar-refractivity contribution in [2.45, 2.75) is 0 Å². The summed E-state index contributed by atoms with van der Waals surface area (Å²) in [7, 11) is 3.65. The molecule has 0 atom stereocenters. The van der Waals surface area contributed by atoms with Gasteiger partial charge in [0.15, 0.2) is 0 Å². The third kappa shape index (κ3) is 3.85. The number of amides is 1. The zero-order chi connectivity index (χ0) is 14.4. The van der Waals surface area contributed by atoms with Gasteiger partial charge < -0.3 is 25.0 Å². The van der Waals surface area contributed by atoms with E-state index < -0.39 is 0 Å². The lowest BCUT2D eigenvalue weighted by Crippen LogP contribution is -2.31. The number of nitrogens with one attached hydrogen (secondary N) is 2. The Hall–Kier alpha value is -1.79. The maximum absolute atomic E-state index is 11.8. The van der Waals surface area contributed by atoms with Gasteiger partial charge in [-0.3, -0.25) is 4.79 Å². The van der Waals surface area contributed by atoms with E-state index in [1.165, 1.54) is 0 Å². The molecule has 2 rings (SSSR count). The zero-order valence-electron chi connectivity index (χ0n) is 11.9. The van der Waals surface area contributed by atoms with E-state index in [1.807, 2.05) is 25.2 Å². The van der Waals surface area contributed by atoms with Crippen LogP contribution >= 0.6 is 0 Å². The summed E-state index contributed by atoms with van der Waals surface area (Å²) >= 11 is 0. The van der Waals surface area contributed by atoms with Crippen molar-refractivity contribution >= 4 is 17.3 Å². The number of ether oxygens (including phenoxy) is 2. The number of carbonyl (C=O) groups is 1. The van der Waals surface area contributed by atoms with Crippen molar-refractivity contribution in [1.29, 1.82) is 0 Å². The molecule has 1 heterocycles. The number of hydrogen-bond acceptors (Lipinski definition) is 5. The van der Waals surface area contributed by atoms with Gasteiger partial charge in [0.2, 0.25) is 5.91 Å². The zero-order valence-corrected chi connectivity index (χ0v) is 11.9. The molecule has 1 aromatic rings. The standard InChI is InChI=1S/C14H21N3O3/c1-17-6-8-20-13-4-3-11(9-12(13)17)16-14(18)10-15-5-7-19-2/h3-4,9,15H,5-8,10H2,1-2H3,(H,16,18). The van der Waals surface area contributed by atoms with Crippen molar-refractivity contribution in [3.8, 4) is 5.75 Å². The smallest absolute Gasteiger partial charge is 0.238 e. The molecule has 6 nitrogen and oxygen atoms in total. The largest absolute Gasteiger partial charge is 0.490 e. The molecule has 0 aliphatic carbocycles. The SMILES string of the molecule is COCCNCC(=O)Nc1ccc2c(c1)N(C)CCO2. The Labute approximate surface area is 119 Å². The fraction of sp³-hybridized carbons (Fsp3) is 0.500. The number of nitrogens with zero attached hydrogens (tertiary/aromatic N) is 1. The Balaban J connectivity index is 1.90. The summed E-state index contributed by atoms with van der Waals surface area (Å²) in [6, 6.07) is 5.67. The van der Waals surface area contributed by atoms with Crippen LogP contribution in [-0.2, 0) is 9.53 Å². The Kier molecular flexibility index (Phi) is 5.20. The topological polar surface area (TPSA) is 62.8 Å². The summed E-state index contributed by atoms with van der Waals surface area (Å²) < 4.78 is 10.5. The molecule has 1 aliphatic heterocycles. The number of rotatable bonds is 6. The van der Waals surface area contributed by atoms with Crippen LogP contribution in [0.15, 0.2) is 18.2 Å². The molecule has 1 aliphatic rings. The Morgan fingerprint density at radius 1 is 1.50 bits per heavy atom. The van der Waals surface area contributed by atoms with Gasteiger partial charge in [-0.15, -0.1) is 0 Å². The molecule has 2 N–H and O–H groups in total. The van der Waals surface area contributed by atoms with Crippen LogP contribution in [0, 0.1) is 0 Å². The summed E-state index contributed by atoms with van der Waals surface area (Å²) in [6.45, 7) is 3.06. The van der Waals surface area contributed by atoms with Gasteiger partial charge in [0.25, 0.3) is 0 Å². The van der Waals surface area contributed by atoms with E-state index in [4.69, 9.17) is 9.47 Å². The van der Waals surface area contributed by atoms with Crippen LogP contribution in [0.1, 0.15) is 0 Å². The lowest BCUT2D eigenvalue weighted by atomic mass is 10.2. The molecule has 0 bridgehead atoms. The quantitative estimate of drug-likeness (QED) is 0.750. The molecular weight excluding hydrogens is 258 g/mol. The number of anilines is 2. The number of methoxy groups -OCH3 is 1. The first-order valence-corrected chi connectivity index (χ1v) is 6.68. The molecule has 0 saturated carbocycles. The summed E-state index contributed by atoms with van der Waals surface area (Å²) in [6.07, 6.45) is 0. The lowest BCUT2D eigenvalue weighted by molar-refractivity contribution is -0.115. The molecule has 110 valence electrons. The van der Waals surface area contributed by atoms with Crippen molar-refractivity contribution in [2.75, 3.05) is 57.2 Å². The average Bonchev–Trinajstić information content (AvgIpc) is 2.45. The van der Waals surface area contributed by atoms with Crippen LogP contribution in [-0.4, -0.2) is 52.9 Å². The second-order valence-corrected chi connectivity index (χ2v) is 4.67. The number of hydrogen-bond donors (Lipinski definition) is 2. The Morgan fingerprint density at radius 2 is 2.35 bits per heavy atom. The normalized spacial score (nSPS) is 13.6. The first-order valence-electron chi connectivity index (χ1n) is 6.68. The maximum Gasteiger partial charge on any atom is 0.238 e. The van der Waals surface area contributed by atoms with Crippen LogP contribution < -0.4 is 20.3 Å². The van der Waals surface area contributed by atoms with E-state index in [-0.39, 0.29) is 12.5 Å². The number of carbonyl (C=O) groups excluding carboxylic acids is 1. The highest BCUT2D eigenvalue weighted by Crippen LogP contribution is 2.33. The van der Waals surface area contributed by atoms with Crippen molar-refractivity contribution in [2.24, 2.45) is 0 Å². The van der Waals surface area contributed by atoms with Crippen molar-refractivity contribution in [1.82, 2.24) is 5.32 Å². The molecule has 0 radical (unpaired) electrons. The third-order valence-electron chi connectivity index (χ3n) is 3.11. The van der Waals surface area contributed by atoms with Crippen LogP contribution in [0.25, 0.3) is 0 Å². The summed E-state index contributed by atoms with van der Waals surface area (Å²) in [5.74, 6) is 0.787. The average molecular weight is 279 g/mol. The minimum atomic E-state index is -0.0690. The maximum atomic E-state index is 11.8. The number of fused-ring (bicyclic) bond motifs is 1. The van der Waals surface area contributed by atoms with Crippen LogP contribution in [0.3, 0.4) is 0 Å². The van der Waals surface area contributed by atoms with E-state index in [0.29, 0.717) is 19.8 Å². The van der Waals surface area contributed by atoms with Gasteiger partial charge in [-0.2, -0.15) is 0 Å². The number of benzene rings is 1. The summed E-state index contributed by atoms with van der Waals surface area (Å²) in [4.78, 5) is 13.9. The molecule has 0 unspecified atom stereocenters. The van der Waals surface area contributed by atoms with Gasteiger partial charge in [-0.25, -0.2) is 0 Å². The van der Waals surface area contributed by atoms with Crippen LogP contribution in [0.5, 0.6) is 5.75 Å². The van der Waals surface area contributed by atoms with E-state index >= 15 is 0 Å². The van der Waals surface area contributed by atoms with Gasteiger partial charge in [0.05, 0.1) is 25.4 Å². The van der Waals surface area contributed by atoms with Crippen molar-refractivity contribution in [3.63, 3.8) is 0 Å². The van der Waals surface area contributed by atoms with Gasteiger partial charge in [-0.1, -0.05) is 0 Å². The van der Waals surface area contributed by atoms with Gasteiger partial charge in [0, 0.05) is 26.4 Å². The molecule has 0 spiro atoms.